The van der Waals surface area contributed by atoms with E-state index in [1.165, 1.54) is 6.42 Å². The number of carbonyl (C=O) groups is 1. The van der Waals surface area contributed by atoms with Crippen molar-refractivity contribution in [3.8, 4) is 0 Å². The minimum atomic E-state index is -0.218. The Morgan fingerprint density at radius 3 is 3.00 bits per heavy atom. The highest BCUT2D eigenvalue weighted by Gasteiger charge is 2.14. The summed E-state index contributed by atoms with van der Waals surface area (Å²) >= 11 is 0. The predicted octanol–water partition coefficient (Wildman–Crippen LogP) is -0.142. The molecule has 1 amide bonds. The number of anilines is 1. The van der Waals surface area contributed by atoms with Crippen molar-refractivity contribution in [3.05, 3.63) is 17.8 Å². The van der Waals surface area contributed by atoms with Crippen molar-refractivity contribution in [2.75, 3.05) is 32.0 Å². The van der Waals surface area contributed by atoms with Gasteiger partial charge in [-0.05, 0) is 37.6 Å². The van der Waals surface area contributed by atoms with Gasteiger partial charge >= 0.3 is 0 Å². The zero-order valence-electron chi connectivity index (χ0n) is 9.86. The molecule has 17 heavy (non-hydrogen) atoms. The van der Waals surface area contributed by atoms with E-state index in [9.17, 15) is 4.79 Å². The van der Waals surface area contributed by atoms with Crippen LogP contribution in [-0.2, 0) is 0 Å². The van der Waals surface area contributed by atoms with Crippen molar-refractivity contribution in [1.82, 2.24) is 20.8 Å². The summed E-state index contributed by atoms with van der Waals surface area (Å²) in [6.07, 6.45) is 1.19. The van der Waals surface area contributed by atoms with E-state index in [-0.39, 0.29) is 5.91 Å². The first-order valence-electron chi connectivity index (χ1n) is 5.80. The van der Waals surface area contributed by atoms with Crippen LogP contribution in [0.2, 0.25) is 0 Å². The molecule has 1 aromatic rings. The van der Waals surface area contributed by atoms with Crippen LogP contribution < -0.4 is 16.0 Å². The molecule has 1 fully saturated rings. The minimum absolute atomic E-state index is 0.218. The van der Waals surface area contributed by atoms with E-state index < -0.39 is 0 Å². The monoisotopic (exact) mass is 235 g/mol. The third-order valence-corrected chi connectivity index (χ3v) is 2.86. The normalized spacial score (nSPS) is 19.0. The van der Waals surface area contributed by atoms with Gasteiger partial charge in [0.2, 0.25) is 0 Å². The average molecular weight is 235 g/mol. The van der Waals surface area contributed by atoms with E-state index in [1.54, 1.807) is 19.2 Å². The molecule has 0 bridgehead atoms. The molecule has 0 aliphatic carbocycles. The number of amides is 1. The second-order valence-corrected chi connectivity index (χ2v) is 4.12. The van der Waals surface area contributed by atoms with Crippen LogP contribution in [0, 0.1) is 5.92 Å². The summed E-state index contributed by atoms with van der Waals surface area (Å²) in [7, 11) is 1.57. The third kappa shape index (κ3) is 3.13. The molecular weight excluding hydrogens is 218 g/mol. The molecule has 0 saturated carbocycles. The Balaban J connectivity index is 1.87. The van der Waals surface area contributed by atoms with E-state index in [4.69, 9.17) is 0 Å². The van der Waals surface area contributed by atoms with Crippen LogP contribution in [0.5, 0.6) is 0 Å². The van der Waals surface area contributed by atoms with Gasteiger partial charge in [-0.15, -0.1) is 10.2 Å². The second-order valence-electron chi connectivity index (χ2n) is 4.12. The van der Waals surface area contributed by atoms with Crippen molar-refractivity contribution >= 4 is 11.7 Å². The smallest absolute Gasteiger partial charge is 0.271 e. The van der Waals surface area contributed by atoms with Gasteiger partial charge in [-0.1, -0.05) is 0 Å². The Labute approximate surface area is 100 Å². The van der Waals surface area contributed by atoms with Gasteiger partial charge in [0.25, 0.3) is 5.91 Å². The Morgan fingerprint density at radius 1 is 1.53 bits per heavy atom. The fourth-order valence-corrected chi connectivity index (χ4v) is 1.81. The summed E-state index contributed by atoms with van der Waals surface area (Å²) in [5, 5.41) is 16.9. The van der Waals surface area contributed by atoms with Crippen LogP contribution in [0.25, 0.3) is 0 Å². The fraction of sp³-hybridized carbons (Fsp3) is 0.545. The summed E-state index contributed by atoms with van der Waals surface area (Å²) < 4.78 is 0. The zero-order valence-corrected chi connectivity index (χ0v) is 9.86. The van der Waals surface area contributed by atoms with Crippen LogP contribution in [0.1, 0.15) is 16.9 Å². The molecule has 6 nitrogen and oxygen atoms in total. The second kappa shape index (κ2) is 5.58. The fourth-order valence-electron chi connectivity index (χ4n) is 1.81. The van der Waals surface area contributed by atoms with Gasteiger partial charge in [-0.25, -0.2) is 0 Å². The number of nitrogens with zero attached hydrogens (tertiary/aromatic N) is 2. The number of hydrogen-bond acceptors (Lipinski definition) is 5. The van der Waals surface area contributed by atoms with Gasteiger partial charge in [-0.3, -0.25) is 4.79 Å². The topological polar surface area (TPSA) is 78.9 Å². The molecule has 2 rings (SSSR count). The highest BCUT2D eigenvalue weighted by molar-refractivity contribution is 5.91. The molecular formula is C11H17N5O. The Morgan fingerprint density at radius 2 is 2.41 bits per heavy atom. The highest BCUT2D eigenvalue weighted by atomic mass is 16.1. The van der Waals surface area contributed by atoms with E-state index in [1.807, 2.05) is 0 Å². The quantitative estimate of drug-likeness (QED) is 0.677. The first-order valence-corrected chi connectivity index (χ1v) is 5.80. The maximum absolute atomic E-state index is 11.2. The Kier molecular flexibility index (Phi) is 3.87. The molecule has 1 aliphatic heterocycles. The molecule has 1 saturated heterocycles. The highest BCUT2D eigenvalue weighted by Crippen LogP contribution is 2.09. The molecule has 92 valence electrons. The van der Waals surface area contributed by atoms with Crippen molar-refractivity contribution in [2.24, 2.45) is 5.92 Å². The lowest BCUT2D eigenvalue weighted by atomic mass is 10.1. The summed E-state index contributed by atoms with van der Waals surface area (Å²) in [5.41, 5.74) is 0.334. The first kappa shape index (κ1) is 11.8. The van der Waals surface area contributed by atoms with Crippen molar-refractivity contribution < 1.29 is 4.79 Å². The summed E-state index contributed by atoms with van der Waals surface area (Å²) in [5.74, 6) is 1.14. The van der Waals surface area contributed by atoms with Crippen LogP contribution in [0.4, 0.5) is 5.82 Å². The largest absolute Gasteiger partial charge is 0.368 e. The summed E-state index contributed by atoms with van der Waals surface area (Å²) in [6, 6.07) is 3.45. The van der Waals surface area contributed by atoms with Crippen LogP contribution in [-0.4, -0.2) is 42.8 Å². The number of carbonyl (C=O) groups excluding carboxylic acids is 1. The molecule has 6 heteroatoms. The lowest BCUT2D eigenvalue weighted by Crippen LogP contribution is -2.21. The predicted molar refractivity (Wildman–Crippen MR) is 64.9 cm³/mol. The molecule has 2 heterocycles. The zero-order chi connectivity index (χ0) is 12.1. The molecule has 0 aromatic carbocycles. The lowest BCUT2D eigenvalue weighted by Gasteiger charge is -2.09. The van der Waals surface area contributed by atoms with Crippen molar-refractivity contribution in [3.63, 3.8) is 0 Å². The first-order chi connectivity index (χ1) is 8.29. The Hall–Kier alpha value is -1.69. The van der Waals surface area contributed by atoms with E-state index in [0.717, 1.165) is 19.6 Å². The molecule has 1 aromatic heterocycles. The van der Waals surface area contributed by atoms with Crippen molar-refractivity contribution in [2.45, 2.75) is 6.42 Å². The van der Waals surface area contributed by atoms with Gasteiger partial charge < -0.3 is 16.0 Å². The van der Waals surface area contributed by atoms with E-state index in [2.05, 4.69) is 26.1 Å². The maximum Gasteiger partial charge on any atom is 0.271 e. The molecule has 1 atom stereocenters. The number of aromatic nitrogens is 2. The standard InChI is InChI=1S/C11H17N5O/c1-12-11(17)9-2-3-10(16-15-9)14-7-8-4-5-13-6-8/h2-3,8,13H,4-7H2,1H3,(H,12,17)(H,14,16). The summed E-state index contributed by atoms with van der Waals surface area (Å²) in [4.78, 5) is 11.2. The van der Waals surface area contributed by atoms with Gasteiger partial charge in [0.15, 0.2) is 5.69 Å². The minimum Gasteiger partial charge on any atom is -0.368 e. The summed E-state index contributed by atoms with van der Waals surface area (Å²) in [6.45, 7) is 3.03. The van der Waals surface area contributed by atoms with Crippen LogP contribution in [0.3, 0.4) is 0 Å². The van der Waals surface area contributed by atoms with Crippen LogP contribution in [0.15, 0.2) is 12.1 Å². The Bertz CT molecular complexity index is 372. The molecule has 0 spiro atoms. The average Bonchev–Trinajstić information content (AvgIpc) is 2.89. The maximum atomic E-state index is 11.2. The van der Waals surface area contributed by atoms with Gasteiger partial charge in [0.1, 0.15) is 5.82 Å². The van der Waals surface area contributed by atoms with Gasteiger partial charge in [-0.2, -0.15) is 0 Å². The van der Waals surface area contributed by atoms with Crippen LogP contribution >= 0.6 is 0 Å². The molecule has 1 aliphatic rings. The SMILES string of the molecule is CNC(=O)c1ccc(NCC2CCNC2)nn1. The number of rotatable bonds is 4. The number of hydrogen-bond donors (Lipinski definition) is 3. The lowest BCUT2D eigenvalue weighted by molar-refractivity contribution is 0.0957. The van der Waals surface area contributed by atoms with Crippen molar-refractivity contribution in [1.29, 1.82) is 0 Å². The molecule has 1 unspecified atom stereocenters. The third-order valence-electron chi connectivity index (χ3n) is 2.86. The molecule has 0 radical (unpaired) electrons. The molecule has 3 N–H and O–H groups in total. The van der Waals surface area contributed by atoms with Gasteiger partial charge in [0.05, 0.1) is 0 Å². The van der Waals surface area contributed by atoms with Gasteiger partial charge in [0, 0.05) is 13.6 Å². The van der Waals surface area contributed by atoms with E-state index in [0.29, 0.717) is 17.4 Å². The van der Waals surface area contributed by atoms with E-state index >= 15 is 0 Å². The number of nitrogens with one attached hydrogen (secondary N) is 3.